The molecule has 12 rings (SSSR count). The summed E-state index contributed by atoms with van der Waals surface area (Å²) in [4.78, 5) is 46.3. The highest BCUT2D eigenvalue weighted by molar-refractivity contribution is 8.01. The number of nitrogens with one attached hydrogen (secondary N) is 1. The third kappa shape index (κ3) is 9.64. The zero-order valence-electron chi connectivity index (χ0n) is 36.2. The lowest BCUT2D eigenvalue weighted by Gasteiger charge is -2.28. The lowest BCUT2D eigenvalue weighted by molar-refractivity contribution is 0.0761. The number of carbonyl (C=O) groups excluding carboxylic acids is 3. The molecule has 0 saturated carbocycles. The van der Waals surface area contributed by atoms with Gasteiger partial charge < -0.3 is 19.9 Å². The molecule has 0 aliphatic carbocycles. The van der Waals surface area contributed by atoms with Crippen molar-refractivity contribution in [2.24, 2.45) is 0 Å². The first kappa shape index (κ1) is 44.2. The van der Waals surface area contributed by atoms with Gasteiger partial charge in [0.05, 0.1) is 10.8 Å². The number of hydrogen-bond acceptors (Lipinski definition) is 9. The summed E-state index contributed by atoms with van der Waals surface area (Å²) in [5, 5.41) is 10.5. The Kier molecular flexibility index (Phi) is 13.8. The summed E-state index contributed by atoms with van der Waals surface area (Å²) in [6.45, 7) is 9.22. The Hall–Kier alpha value is -5.06. The number of ketones is 3. The van der Waals surface area contributed by atoms with Gasteiger partial charge in [0, 0.05) is 41.3 Å². The monoisotopic (exact) mass is 874 g/mol. The number of anilines is 1. The van der Waals surface area contributed by atoms with Crippen LogP contribution in [0.3, 0.4) is 0 Å². The molecule has 9 heteroatoms. The summed E-state index contributed by atoms with van der Waals surface area (Å²) in [6, 6.07) is 37.0. The van der Waals surface area contributed by atoms with Gasteiger partial charge in [-0.3, -0.25) is 19.3 Å². The van der Waals surface area contributed by atoms with E-state index in [1.54, 1.807) is 11.8 Å². The number of Topliss-reactive ketones (excluding diaryl/α,β-unsaturated/α-hetero) is 3. The largest absolute Gasteiger partial charge is 0.480 e. The van der Waals surface area contributed by atoms with E-state index in [9.17, 15) is 14.4 Å². The van der Waals surface area contributed by atoms with E-state index in [1.165, 1.54) is 78.8 Å². The molecule has 0 amide bonds. The van der Waals surface area contributed by atoms with Crippen molar-refractivity contribution in [3.63, 3.8) is 0 Å². The quantitative estimate of drug-likeness (QED) is 0.176. The van der Waals surface area contributed by atoms with Crippen molar-refractivity contribution in [1.82, 2.24) is 14.7 Å². The van der Waals surface area contributed by atoms with Crippen LogP contribution in [0.1, 0.15) is 96.3 Å². The summed E-state index contributed by atoms with van der Waals surface area (Å²) in [5.74, 6) is 1.47. The SMILES string of the molecule is C.O=C1c2cc3ccccc3cc2NC1CN1CCCCC1.O=C1c2cc3ccccc3cc2OC1CN1CCCCC1.O=C1c2cc3ccccc3cc2SC1CN1CCCCC1. The molecule has 3 atom stereocenters. The second kappa shape index (κ2) is 20.0. The molecule has 6 aliphatic rings. The van der Waals surface area contributed by atoms with Crippen LogP contribution in [0.2, 0.25) is 0 Å². The molecule has 6 aromatic rings. The van der Waals surface area contributed by atoms with E-state index >= 15 is 0 Å². The van der Waals surface area contributed by atoms with Gasteiger partial charge in [0.2, 0.25) is 5.78 Å². The first-order chi connectivity index (χ1) is 30.9. The van der Waals surface area contributed by atoms with Crippen LogP contribution < -0.4 is 10.1 Å². The number of ether oxygens (including phenoxy) is 1. The Morgan fingerprint density at radius 1 is 0.484 bits per heavy atom. The standard InChI is InChI=1S/C18H20N2O.C18H19NO2.C18H19NOS.CH4/c21-18-15-10-13-6-2-3-7-14(13)11-16(15)19-17(18)12-20-8-4-1-5-9-20;2*20-18-15-10-13-6-2-3-7-14(13)11-16(15)21-17(18)12-19-8-4-1-5-9-19;/h2-3,6-7,10-11,17,19H,1,4-5,8-9,12H2;2*2-3,6-7,10-11,17H,1,4-5,8-9,12H2;1H4. The number of thioether (sulfide) groups is 1. The zero-order valence-corrected chi connectivity index (χ0v) is 37.1. The number of rotatable bonds is 6. The van der Waals surface area contributed by atoms with Gasteiger partial charge >= 0.3 is 0 Å². The van der Waals surface area contributed by atoms with E-state index in [1.807, 2.05) is 54.6 Å². The van der Waals surface area contributed by atoms with E-state index in [-0.39, 0.29) is 36.4 Å². The first-order valence-corrected chi connectivity index (χ1v) is 24.3. The van der Waals surface area contributed by atoms with Crippen LogP contribution in [-0.2, 0) is 0 Å². The minimum atomic E-state index is -0.324. The van der Waals surface area contributed by atoms with E-state index < -0.39 is 0 Å². The number of benzene rings is 6. The molecule has 0 spiro atoms. The molecule has 6 aliphatic heterocycles. The molecule has 3 saturated heterocycles. The van der Waals surface area contributed by atoms with E-state index in [4.69, 9.17) is 4.74 Å². The summed E-state index contributed by atoms with van der Waals surface area (Å²) in [6.07, 6.45) is 11.2. The van der Waals surface area contributed by atoms with E-state index in [0.29, 0.717) is 5.78 Å². The van der Waals surface area contributed by atoms with Gasteiger partial charge in [0.25, 0.3) is 0 Å². The molecule has 1 N–H and O–H groups in total. The van der Waals surface area contributed by atoms with Crippen molar-refractivity contribution in [3.8, 4) is 5.75 Å². The minimum absolute atomic E-state index is 0. The summed E-state index contributed by atoms with van der Waals surface area (Å²) >= 11 is 1.76. The second-order valence-electron chi connectivity index (χ2n) is 18.2. The van der Waals surface area contributed by atoms with Crippen LogP contribution in [0.5, 0.6) is 5.75 Å². The van der Waals surface area contributed by atoms with Crippen LogP contribution in [-0.4, -0.2) is 108 Å². The maximum absolute atomic E-state index is 12.7. The van der Waals surface area contributed by atoms with Crippen molar-refractivity contribution in [2.45, 2.75) is 87.5 Å². The van der Waals surface area contributed by atoms with Crippen LogP contribution >= 0.6 is 11.8 Å². The zero-order chi connectivity index (χ0) is 42.7. The van der Waals surface area contributed by atoms with Crippen LogP contribution in [0.15, 0.2) is 114 Å². The van der Waals surface area contributed by atoms with Crippen LogP contribution in [0, 0.1) is 0 Å². The fraction of sp³-hybridized carbons (Fsp3) is 0.400. The molecule has 3 unspecified atom stereocenters. The first-order valence-electron chi connectivity index (χ1n) is 23.4. The Balaban J connectivity index is 0.000000121. The Bertz CT molecular complexity index is 2360. The van der Waals surface area contributed by atoms with Gasteiger partial charge in [-0.05, 0) is 147 Å². The van der Waals surface area contributed by atoms with Gasteiger partial charge in [-0.2, -0.15) is 0 Å². The van der Waals surface area contributed by atoms with Gasteiger partial charge in [0.15, 0.2) is 17.7 Å². The molecule has 64 heavy (non-hydrogen) atoms. The molecule has 0 bridgehead atoms. The average Bonchev–Trinajstić information content (AvgIpc) is 3.92. The van der Waals surface area contributed by atoms with Crippen molar-refractivity contribution in [1.29, 1.82) is 0 Å². The molecule has 6 heterocycles. The maximum atomic E-state index is 12.7. The smallest absolute Gasteiger partial charge is 0.208 e. The summed E-state index contributed by atoms with van der Waals surface area (Å²) in [7, 11) is 0. The second-order valence-corrected chi connectivity index (χ2v) is 19.5. The van der Waals surface area contributed by atoms with Crippen molar-refractivity contribution in [2.75, 3.05) is 64.2 Å². The topological polar surface area (TPSA) is 82.2 Å². The molecule has 8 nitrogen and oxygen atoms in total. The van der Waals surface area contributed by atoms with Crippen molar-refractivity contribution >= 4 is 67.1 Å². The number of piperidine rings is 3. The lowest BCUT2D eigenvalue weighted by atomic mass is 10.0. The molecular weight excluding hydrogens is 813 g/mol. The number of likely N-dealkylation sites (tertiary alicyclic amines) is 3. The third-order valence-corrected chi connectivity index (χ3v) is 15.0. The Morgan fingerprint density at radius 2 is 0.938 bits per heavy atom. The van der Waals surface area contributed by atoms with E-state index in [2.05, 4.69) is 74.6 Å². The van der Waals surface area contributed by atoms with Crippen molar-refractivity contribution < 1.29 is 19.1 Å². The van der Waals surface area contributed by atoms with Crippen LogP contribution in [0.25, 0.3) is 32.3 Å². The van der Waals surface area contributed by atoms with Gasteiger partial charge in [-0.25, -0.2) is 0 Å². The van der Waals surface area contributed by atoms with Gasteiger partial charge in [-0.1, -0.05) is 99.5 Å². The molecular formula is C55H62N4O4S. The highest BCUT2D eigenvalue weighted by Gasteiger charge is 2.36. The Morgan fingerprint density at radius 3 is 1.50 bits per heavy atom. The third-order valence-electron chi connectivity index (χ3n) is 13.8. The fourth-order valence-electron chi connectivity index (χ4n) is 10.3. The highest BCUT2D eigenvalue weighted by atomic mass is 32.2. The molecule has 6 aromatic carbocycles. The molecule has 0 radical (unpaired) electrons. The number of hydrogen-bond donors (Lipinski definition) is 1. The lowest BCUT2D eigenvalue weighted by Crippen LogP contribution is -2.41. The van der Waals surface area contributed by atoms with Crippen molar-refractivity contribution in [3.05, 3.63) is 126 Å². The van der Waals surface area contributed by atoms with E-state index in [0.717, 1.165) is 103 Å². The predicted octanol–water partition coefficient (Wildman–Crippen LogP) is 11.2. The number of fused-ring (bicyclic) bond motifs is 6. The molecule has 3 fully saturated rings. The number of carbonyl (C=O) groups is 3. The molecule has 0 aromatic heterocycles. The van der Waals surface area contributed by atoms with Gasteiger partial charge in [-0.15, -0.1) is 11.8 Å². The average molecular weight is 875 g/mol. The van der Waals surface area contributed by atoms with Gasteiger partial charge in [0.1, 0.15) is 11.8 Å². The number of nitrogens with zero attached hydrogens (tertiary/aromatic N) is 3. The fourth-order valence-corrected chi connectivity index (χ4v) is 11.6. The molecule has 332 valence electrons. The predicted molar refractivity (Wildman–Crippen MR) is 264 cm³/mol. The minimum Gasteiger partial charge on any atom is -0.480 e. The summed E-state index contributed by atoms with van der Waals surface area (Å²) in [5.41, 5.74) is 3.54. The highest BCUT2D eigenvalue weighted by Crippen LogP contribution is 2.40. The normalized spacial score (nSPS) is 22.1. The summed E-state index contributed by atoms with van der Waals surface area (Å²) < 4.78 is 5.94. The maximum Gasteiger partial charge on any atom is 0.208 e. The Labute approximate surface area is 382 Å². The van der Waals surface area contributed by atoms with Crippen LogP contribution in [0.4, 0.5) is 5.69 Å².